The van der Waals surface area contributed by atoms with Gasteiger partial charge < -0.3 is 4.74 Å². The molecule has 0 bridgehead atoms. The van der Waals surface area contributed by atoms with E-state index in [1.807, 2.05) is 36.4 Å². The molecule has 27 heavy (non-hydrogen) atoms. The molecule has 0 aromatic heterocycles. The third kappa shape index (κ3) is 4.35. The van der Waals surface area contributed by atoms with Crippen LogP contribution >= 0.6 is 11.8 Å². The number of thioether (sulfide) groups is 1. The first kappa shape index (κ1) is 18.7. The van der Waals surface area contributed by atoms with Crippen LogP contribution < -0.4 is 0 Å². The minimum atomic E-state index is -0.609. The largest absolute Gasteiger partial charge is 0.463 e. The summed E-state index contributed by atoms with van der Waals surface area (Å²) in [6, 6.07) is 18.1. The summed E-state index contributed by atoms with van der Waals surface area (Å²) in [6.07, 6.45) is 2.85. The van der Waals surface area contributed by atoms with Crippen molar-refractivity contribution in [3.63, 3.8) is 0 Å². The summed E-state index contributed by atoms with van der Waals surface area (Å²) in [5.74, 6) is -1.07. The van der Waals surface area contributed by atoms with Crippen LogP contribution in [0, 0.1) is 0 Å². The molecule has 1 heterocycles. The number of hydrogen-bond donors (Lipinski definition) is 0. The first-order chi connectivity index (χ1) is 13.1. The van der Waals surface area contributed by atoms with Gasteiger partial charge in [0.25, 0.3) is 11.1 Å². The Hall–Kier alpha value is -3.12. The van der Waals surface area contributed by atoms with E-state index in [4.69, 9.17) is 4.74 Å². The zero-order chi connectivity index (χ0) is 19.2. The van der Waals surface area contributed by atoms with Gasteiger partial charge in [0.2, 0.25) is 0 Å². The van der Waals surface area contributed by atoms with Gasteiger partial charge >= 0.3 is 5.97 Å². The second kappa shape index (κ2) is 8.51. The monoisotopic (exact) mass is 379 g/mol. The Balaban J connectivity index is 1.99. The molecule has 2 aromatic carbocycles. The van der Waals surface area contributed by atoms with Gasteiger partial charge in [-0.1, -0.05) is 60.7 Å². The number of imide groups is 1. The predicted molar refractivity (Wildman–Crippen MR) is 105 cm³/mol. The molecule has 6 heteroatoms. The molecule has 2 aromatic rings. The standard InChI is InChI=1S/C21H17NO4S/c1-2-26-19(23)14-17(16-11-7-4-8-12-16)22-20(24)18(27-21(22)25)13-15-9-5-3-6-10-15/h3-14H,2H2,1H3/b17-14+,18-13-. The molecule has 0 radical (unpaired) electrons. The van der Waals surface area contributed by atoms with Crippen molar-refractivity contribution in [2.24, 2.45) is 0 Å². The summed E-state index contributed by atoms with van der Waals surface area (Å²) in [4.78, 5) is 38.8. The topological polar surface area (TPSA) is 63.7 Å². The number of esters is 1. The quantitative estimate of drug-likeness (QED) is 0.572. The highest BCUT2D eigenvalue weighted by atomic mass is 32.2. The molecule has 1 saturated heterocycles. The minimum absolute atomic E-state index is 0.202. The van der Waals surface area contributed by atoms with Crippen LogP contribution in [0.5, 0.6) is 0 Å². The first-order valence-corrected chi connectivity index (χ1v) is 9.18. The Morgan fingerprint density at radius 2 is 1.67 bits per heavy atom. The molecule has 1 fully saturated rings. The van der Waals surface area contributed by atoms with Crippen LogP contribution in [0.25, 0.3) is 11.8 Å². The molecule has 0 atom stereocenters. The van der Waals surface area contributed by atoms with Gasteiger partial charge in [-0.25, -0.2) is 9.69 Å². The second-order valence-electron chi connectivity index (χ2n) is 5.58. The normalized spacial score (nSPS) is 16.1. The Bertz CT molecular complexity index is 920. The molecule has 0 spiro atoms. The fourth-order valence-electron chi connectivity index (χ4n) is 2.56. The highest BCUT2D eigenvalue weighted by Crippen LogP contribution is 2.37. The maximum Gasteiger partial charge on any atom is 0.332 e. The molecule has 1 aliphatic heterocycles. The average Bonchev–Trinajstić information content (AvgIpc) is 2.95. The smallest absolute Gasteiger partial charge is 0.332 e. The summed E-state index contributed by atoms with van der Waals surface area (Å²) in [7, 11) is 0. The van der Waals surface area contributed by atoms with Crippen LogP contribution in [0.3, 0.4) is 0 Å². The summed E-state index contributed by atoms with van der Waals surface area (Å²) < 4.78 is 4.96. The average molecular weight is 379 g/mol. The lowest BCUT2D eigenvalue weighted by molar-refractivity contribution is -0.137. The van der Waals surface area contributed by atoms with Crippen molar-refractivity contribution < 1.29 is 19.1 Å². The van der Waals surface area contributed by atoms with E-state index < -0.39 is 17.1 Å². The van der Waals surface area contributed by atoms with E-state index in [0.29, 0.717) is 10.5 Å². The van der Waals surface area contributed by atoms with Crippen molar-refractivity contribution in [1.29, 1.82) is 0 Å². The molecular formula is C21H17NO4S. The van der Waals surface area contributed by atoms with Crippen LogP contribution in [0.2, 0.25) is 0 Å². The maximum atomic E-state index is 12.9. The fourth-order valence-corrected chi connectivity index (χ4v) is 3.39. The van der Waals surface area contributed by atoms with E-state index in [-0.39, 0.29) is 12.3 Å². The number of nitrogens with zero attached hydrogens (tertiary/aromatic N) is 1. The van der Waals surface area contributed by atoms with E-state index >= 15 is 0 Å². The molecule has 0 aliphatic carbocycles. The summed E-state index contributed by atoms with van der Waals surface area (Å²) in [5.41, 5.74) is 1.60. The van der Waals surface area contributed by atoms with Crippen molar-refractivity contribution in [2.45, 2.75) is 6.92 Å². The minimum Gasteiger partial charge on any atom is -0.463 e. The van der Waals surface area contributed by atoms with Gasteiger partial charge in [0.05, 0.1) is 17.2 Å². The van der Waals surface area contributed by atoms with Gasteiger partial charge in [-0.2, -0.15) is 0 Å². The van der Waals surface area contributed by atoms with Gasteiger partial charge in [-0.3, -0.25) is 9.59 Å². The zero-order valence-electron chi connectivity index (χ0n) is 14.6. The van der Waals surface area contributed by atoms with E-state index in [2.05, 4.69) is 0 Å². The van der Waals surface area contributed by atoms with Gasteiger partial charge in [0.1, 0.15) is 0 Å². The van der Waals surface area contributed by atoms with Crippen molar-refractivity contribution in [2.75, 3.05) is 6.61 Å². The van der Waals surface area contributed by atoms with E-state index in [9.17, 15) is 14.4 Å². The molecule has 136 valence electrons. The summed E-state index contributed by atoms with van der Waals surface area (Å²) in [6.45, 7) is 1.89. The molecule has 0 saturated carbocycles. The Morgan fingerprint density at radius 3 is 2.30 bits per heavy atom. The zero-order valence-corrected chi connectivity index (χ0v) is 15.4. The molecule has 5 nitrogen and oxygen atoms in total. The molecule has 0 N–H and O–H groups in total. The highest BCUT2D eigenvalue weighted by Gasteiger charge is 2.38. The lowest BCUT2D eigenvalue weighted by Gasteiger charge is -2.17. The Kier molecular flexibility index (Phi) is 5.88. The number of carbonyl (C=O) groups excluding carboxylic acids is 3. The van der Waals surface area contributed by atoms with Gasteiger partial charge in [-0.15, -0.1) is 0 Å². The number of benzene rings is 2. The SMILES string of the molecule is CCOC(=O)/C=C(\c1ccccc1)N1C(=O)S/C(=C\c2ccccc2)C1=O. The van der Waals surface area contributed by atoms with Crippen molar-refractivity contribution in [1.82, 2.24) is 4.90 Å². The third-order valence-corrected chi connectivity index (χ3v) is 4.61. The number of amides is 2. The summed E-state index contributed by atoms with van der Waals surface area (Å²) >= 11 is 0.846. The lowest BCUT2D eigenvalue weighted by atomic mass is 10.1. The summed E-state index contributed by atoms with van der Waals surface area (Å²) in [5, 5.41) is -0.457. The van der Waals surface area contributed by atoms with Gasteiger partial charge in [0.15, 0.2) is 0 Å². The molecule has 2 amide bonds. The Labute approximate surface area is 161 Å². The van der Waals surface area contributed by atoms with Gasteiger partial charge in [0, 0.05) is 6.08 Å². The van der Waals surface area contributed by atoms with E-state index in [1.54, 1.807) is 37.3 Å². The predicted octanol–water partition coefficient (Wildman–Crippen LogP) is 4.33. The maximum absolute atomic E-state index is 12.9. The van der Waals surface area contributed by atoms with Crippen LogP contribution in [-0.4, -0.2) is 28.6 Å². The number of rotatable bonds is 5. The molecule has 0 unspecified atom stereocenters. The van der Waals surface area contributed by atoms with Crippen molar-refractivity contribution in [3.8, 4) is 0 Å². The Morgan fingerprint density at radius 1 is 1.04 bits per heavy atom. The van der Waals surface area contributed by atoms with E-state index in [1.165, 1.54) is 6.08 Å². The van der Waals surface area contributed by atoms with Crippen LogP contribution in [-0.2, 0) is 14.3 Å². The molecule has 1 aliphatic rings. The van der Waals surface area contributed by atoms with Crippen LogP contribution in [0.1, 0.15) is 18.1 Å². The first-order valence-electron chi connectivity index (χ1n) is 8.37. The van der Waals surface area contributed by atoms with Crippen LogP contribution in [0.15, 0.2) is 71.6 Å². The third-order valence-electron chi connectivity index (χ3n) is 3.74. The van der Waals surface area contributed by atoms with Crippen LogP contribution in [0.4, 0.5) is 4.79 Å². The van der Waals surface area contributed by atoms with Crippen molar-refractivity contribution in [3.05, 3.63) is 82.8 Å². The number of carbonyl (C=O) groups is 3. The lowest BCUT2D eigenvalue weighted by Crippen LogP contribution is -2.27. The molecule has 3 rings (SSSR count). The second-order valence-corrected chi connectivity index (χ2v) is 6.57. The highest BCUT2D eigenvalue weighted by molar-refractivity contribution is 8.18. The van der Waals surface area contributed by atoms with E-state index in [0.717, 1.165) is 22.2 Å². The molecular weight excluding hydrogens is 362 g/mol. The number of ether oxygens (including phenoxy) is 1. The van der Waals surface area contributed by atoms with Crippen molar-refractivity contribution >= 4 is 40.7 Å². The van der Waals surface area contributed by atoms with Gasteiger partial charge in [-0.05, 0) is 35.9 Å². The number of hydrogen-bond acceptors (Lipinski definition) is 5. The fraction of sp³-hybridized carbons (Fsp3) is 0.0952.